The van der Waals surface area contributed by atoms with Gasteiger partial charge in [-0.25, -0.2) is 0 Å². The van der Waals surface area contributed by atoms with Crippen LogP contribution >= 0.6 is 0 Å². The highest BCUT2D eigenvalue weighted by Crippen LogP contribution is 2.39. The largest absolute Gasteiger partial charge is 0.493 e. The Labute approximate surface area is 186 Å². The molecule has 0 aromatic heterocycles. The van der Waals surface area contributed by atoms with Gasteiger partial charge in [0, 0.05) is 23.4 Å². The number of hydrogen-bond donors (Lipinski definition) is 2. The van der Waals surface area contributed by atoms with Crippen molar-refractivity contribution in [3.05, 3.63) is 77.4 Å². The predicted octanol–water partition coefficient (Wildman–Crippen LogP) is 4.42. The summed E-state index contributed by atoms with van der Waals surface area (Å²) in [5, 5.41) is 5.73. The van der Waals surface area contributed by atoms with Crippen LogP contribution in [-0.2, 0) is 17.8 Å². The molecule has 0 saturated heterocycles. The number of amides is 2. The zero-order chi connectivity index (χ0) is 22.5. The number of carbonyl (C=O) groups excluding carboxylic acids is 2. The number of benzene rings is 3. The molecule has 32 heavy (non-hydrogen) atoms. The van der Waals surface area contributed by atoms with Gasteiger partial charge in [0.15, 0.2) is 11.5 Å². The number of hydrogen-bond acceptors (Lipinski definition) is 5. The van der Waals surface area contributed by atoms with Crippen molar-refractivity contribution in [2.75, 3.05) is 24.9 Å². The SMILES string of the molecule is COc1cc(C(=O)Nc2ccc3c(c2)CCC(=O)N3)cc(OC)c1OCc1ccccc1. The molecule has 3 aromatic carbocycles. The zero-order valence-corrected chi connectivity index (χ0v) is 17.9. The molecule has 0 radical (unpaired) electrons. The molecule has 1 aliphatic heterocycles. The Morgan fingerprint density at radius 2 is 1.69 bits per heavy atom. The van der Waals surface area contributed by atoms with Crippen LogP contribution in [0, 0.1) is 0 Å². The van der Waals surface area contributed by atoms with E-state index in [1.54, 1.807) is 24.3 Å². The van der Waals surface area contributed by atoms with Gasteiger partial charge in [0.05, 0.1) is 14.2 Å². The molecule has 0 atom stereocenters. The van der Waals surface area contributed by atoms with Gasteiger partial charge in [0.2, 0.25) is 11.7 Å². The Morgan fingerprint density at radius 1 is 0.969 bits per heavy atom. The Bertz CT molecular complexity index is 1120. The van der Waals surface area contributed by atoms with Gasteiger partial charge in [-0.3, -0.25) is 9.59 Å². The number of aryl methyl sites for hydroxylation is 1. The van der Waals surface area contributed by atoms with Crippen LogP contribution in [0.1, 0.15) is 27.9 Å². The van der Waals surface area contributed by atoms with Gasteiger partial charge in [-0.05, 0) is 47.9 Å². The molecule has 1 heterocycles. The Balaban J connectivity index is 1.54. The molecule has 0 aliphatic carbocycles. The van der Waals surface area contributed by atoms with E-state index in [-0.39, 0.29) is 11.8 Å². The van der Waals surface area contributed by atoms with E-state index in [1.807, 2.05) is 36.4 Å². The van der Waals surface area contributed by atoms with E-state index in [9.17, 15) is 9.59 Å². The minimum atomic E-state index is -0.309. The van der Waals surface area contributed by atoms with Crippen molar-refractivity contribution in [2.45, 2.75) is 19.4 Å². The first-order valence-corrected chi connectivity index (χ1v) is 10.2. The van der Waals surface area contributed by atoms with E-state index in [4.69, 9.17) is 14.2 Å². The minimum Gasteiger partial charge on any atom is -0.493 e. The van der Waals surface area contributed by atoms with E-state index in [0.29, 0.717) is 47.9 Å². The Morgan fingerprint density at radius 3 is 2.38 bits per heavy atom. The molecule has 2 N–H and O–H groups in total. The highest BCUT2D eigenvalue weighted by atomic mass is 16.5. The van der Waals surface area contributed by atoms with Crippen LogP contribution in [0.5, 0.6) is 17.2 Å². The number of anilines is 2. The van der Waals surface area contributed by atoms with Crippen LogP contribution in [0.2, 0.25) is 0 Å². The fourth-order valence-electron chi connectivity index (χ4n) is 3.55. The highest BCUT2D eigenvalue weighted by Gasteiger charge is 2.19. The molecule has 0 bridgehead atoms. The lowest BCUT2D eigenvalue weighted by Gasteiger charge is -2.18. The summed E-state index contributed by atoms with van der Waals surface area (Å²) in [5.74, 6) is 0.927. The Hall–Kier alpha value is -4.00. The maximum absolute atomic E-state index is 12.9. The molecule has 0 spiro atoms. The summed E-state index contributed by atoms with van der Waals surface area (Å²) >= 11 is 0. The summed E-state index contributed by atoms with van der Waals surface area (Å²) in [7, 11) is 3.03. The second kappa shape index (κ2) is 9.43. The van der Waals surface area contributed by atoms with Crippen LogP contribution < -0.4 is 24.8 Å². The van der Waals surface area contributed by atoms with Gasteiger partial charge in [0.25, 0.3) is 5.91 Å². The second-order valence-electron chi connectivity index (χ2n) is 7.36. The summed E-state index contributed by atoms with van der Waals surface area (Å²) in [6, 6.07) is 18.4. The standard InChI is InChI=1S/C25H24N2O5/c1-30-21-13-18(14-22(31-2)24(21)32-15-16-6-4-3-5-7-16)25(29)26-19-9-10-20-17(12-19)8-11-23(28)27-20/h3-7,9-10,12-14H,8,11,15H2,1-2H3,(H,26,29)(H,27,28). The van der Waals surface area contributed by atoms with Gasteiger partial charge >= 0.3 is 0 Å². The van der Waals surface area contributed by atoms with E-state index >= 15 is 0 Å². The smallest absolute Gasteiger partial charge is 0.255 e. The van der Waals surface area contributed by atoms with E-state index < -0.39 is 0 Å². The summed E-state index contributed by atoms with van der Waals surface area (Å²) < 4.78 is 16.9. The third kappa shape index (κ3) is 4.67. The van der Waals surface area contributed by atoms with Gasteiger partial charge in [0.1, 0.15) is 6.61 Å². The first-order chi connectivity index (χ1) is 15.6. The van der Waals surface area contributed by atoms with E-state index in [2.05, 4.69) is 10.6 Å². The van der Waals surface area contributed by atoms with Crippen LogP contribution in [0.15, 0.2) is 60.7 Å². The van der Waals surface area contributed by atoms with Crippen molar-refractivity contribution in [3.63, 3.8) is 0 Å². The molecule has 0 saturated carbocycles. The molecular formula is C25H24N2O5. The third-order valence-corrected chi connectivity index (χ3v) is 5.21. The predicted molar refractivity (Wildman–Crippen MR) is 122 cm³/mol. The van der Waals surface area contributed by atoms with Crippen LogP contribution in [0.25, 0.3) is 0 Å². The lowest BCUT2D eigenvalue weighted by molar-refractivity contribution is -0.116. The number of nitrogens with one attached hydrogen (secondary N) is 2. The monoisotopic (exact) mass is 432 g/mol. The highest BCUT2D eigenvalue weighted by molar-refractivity contribution is 6.05. The normalized spacial score (nSPS) is 12.4. The lowest BCUT2D eigenvalue weighted by Crippen LogP contribution is -2.19. The van der Waals surface area contributed by atoms with Crippen molar-refractivity contribution < 1.29 is 23.8 Å². The molecule has 4 rings (SSSR count). The minimum absolute atomic E-state index is 0.00282. The number of methoxy groups -OCH3 is 2. The third-order valence-electron chi connectivity index (χ3n) is 5.21. The second-order valence-corrected chi connectivity index (χ2v) is 7.36. The van der Waals surface area contributed by atoms with Gasteiger partial charge in [-0.1, -0.05) is 30.3 Å². The van der Waals surface area contributed by atoms with Crippen molar-refractivity contribution >= 4 is 23.2 Å². The fourth-order valence-corrected chi connectivity index (χ4v) is 3.55. The molecule has 164 valence electrons. The lowest BCUT2D eigenvalue weighted by atomic mass is 10.0. The van der Waals surface area contributed by atoms with Crippen LogP contribution in [0.4, 0.5) is 11.4 Å². The average molecular weight is 432 g/mol. The van der Waals surface area contributed by atoms with E-state index in [0.717, 1.165) is 16.8 Å². The molecule has 0 unspecified atom stereocenters. The summed E-state index contributed by atoms with van der Waals surface area (Å²) in [6.45, 7) is 0.338. The zero-order valence-electron chi connectivity index (χ0n) is 17.9. The molecule has 1 aliphatic rings. The first-order valence-electron chi connectivity index (χ1n) is 10.2. The van der Waals surface area contributed by atoms with Gasteiger partial charge in [-0.2, -0.15) is 0 Å². The van der Waals surface area contributed by atoms with Crippen molar-refractivity contribution in [3.8, 4) is 17.2 Å². The molecule has 2 amide bonds. The average Bonchev–Trinajstić information content (AvgIpc) is 2.82. The number of rotatable bonds is 7. The van der Waals surface area contributed by atoms with Crippen molar-refractivity contribution in [1.29, 1.82) is 0 Å². The molecule has 7 nitrogen and oxygen atoms in total. The maximum Gasteiger partial charge on any atom is 0.255 e. The summed E-state index contributed by atoms with van der Waals surface area (Å²) in [4.78, 5) is 24.5. The quantitative estimate of drug-likeness (QED) is 0.577. The first kappa shape index (κ1) is 21.2. The van der Waals surface area contributed by atoms with Gasteiger partial charge < -0.3 is 24.8 Å². The molecule has 7 heteroatoms. The van der Waals surface area contributed by atoms with Crippen LogP contribution in [0.3, 0.4) is 0 Å². The molecule has 3 aromatic rings. The molecular weight excluding hydrogens is 408 g/mol. The van der Waals surface area contributed by atoms with Crippen LogP contribution in [-0.4, -0.2) is 26.0 Å². The number of carbonyl (C=O) groups is 2. The Kier molecular flexibility index (Phi) is 6.26. The van der Waals surface area contributed by atoms with Gasteiger partial charge in [-0.15, -0.1) is 0 Å². The number of fused-ring (bicyclic) bond motifs is 1. The fraction of sp³-hybridized carbons (Fsp3) is 0.200. The molecule has 0 fully saturated rings. The summed E-state index contributed by atoms with van der Waals surface area (Å²) in [6.07, 6.45) is 1.07. The van der Waals surface area contributed by atoms with Crippen molar-refractivity contribution in [1.82, 2.24) is 0 Å². The summed E-state index contributed by atoms with van der Waals surface area (Å²) in [5.41, 5.74) is 3.79. The number of ether oxygens (including phenoxy) is 3. The maximum atomic E-state index is 12.9. The topological polar surface area (TPSA) is 85.9 Å². The van der Waals surface area contributed by atoms with E-state index in [1.165, 1.54) is 14.2 Å². The van der Waals surface area contributed by atoms with Crippen molar-refractivity contribution in [2.24, 2.45) is 0 Å².